The number of aryl methyl sites for hydroxylation is 1. The van der Waals surface area contributed by atoms with Crippen molar-refractivity contribution in [3.05, 3.63) is 47.0 Å². The molecule has 8 nitrogen and oxygen atoms in total. The van der Waals surface area contributed by atoms with Gasteiger partial charge in [-0.3, -0.25) is 9.10 Å². The van der Waals surface area contributed by atoms with Gasteiger partial charge < -0.3 is 19.5 Å². The molecule has 2 aromatic rings. The molecule has 1 amide bonds. The summed E-state index contributed by atoms with van der Waals surface area (Å²) < 4.78 is 41.8. The maximum atomic E-state index is 12.2. The molecule has 0 saturated heterocycles. The van der Waals surface area contributed by atoms with Crippen LogP contribution in [-0.2, 0) is 14.8 Å². The molecule has 0 bridgehead atoms. The van der Waals surface area contributed by atoms with Crippen LogP contribution in [0.5, 0.6) is 17.2 Å². The van der Waals surface area contributed by atoms with E-state index in [0.29, 0.717) is 47.5 Å². The Morgan fingerprint density at radius 2 is 1.97 bits per heavy atom. The molecule has 0 radical (unpaired) electrons. The highest BCUT2D eigenvalue weighted by Crippen LogP contribution is 2.36. The molecular weight excluding hydrogens is 444 g/mol. The van der Waals surface area contributed by atoms with Crippen LogP contribution in [0.2, 0.25) is 5.02 Å². The third kappa shape index (κ3) is 6.41. The van der Waals surface area contributed by atoms with Crippen molar-refractivity contribution < 1.29 is 27.4 Å². The molecule has 0 spiro atoms. The number of nitrogens with one attached hydrogen (secondary N) is 1. The van der Waals surface area contributed by atoms with Crippen molar-refractivity contribution in [1.29, 1.82) is 0 Å². The third-order valence-corrected chi connectivity index (χ3v) is 6.25. The van der Waals surface area contributed by atoms with E-state index in [4.69, 9.17) is 25.8 Å². The Morgan fingerprint density at radius 1 is 1.19 bits per heavy atom. The van der Waals surface area contributed by atoms with E-state index >= 15 is 0 Å². The van der Waals surface area contributed by atoms with E-state index in [0.717, 1.165) is 11.8 Å². The van der Waals surface area contributed by atoms with E-state index in [9.17, 15) is 13.2 Å². The molecule has 0 aromatic heterocycles. The predicted octanol–water partition coefficient (Wildman–Crippen LogP) is 3.12. The summed E-state index contributed by atoms with van der Waals surface area (Å²) in [5.41, 5.74) is 1.43. The molecule has 1 heterocycles. The van der Waals surface area contributed by atoms with Gasteiger partial charge in [-0.25, -0.2) is 8.42 Å². The summed E-state index contributed by atoms with van der Waals surface area (Å²) in [5, 5.41) is 3.39. The van der Waals surface area contributed by atoms with Crippen LogP contribution in [0.4, 0.5) is 5.69 Å². The minimum atomic E-state index is -3.52. The smallest absolute Gasteiger partial charge is 0.232 e. The minimum Gasteiger partial charge on any atom is -0.492 e. The largest absolute Gasteiger partial charge is 0.492 e. The quantitative estimate of drug-likeness (QED) is 0.538. The molecule has 1 aliphatic rings. The first kappa shape index (κ1) is 23.0. The highest BCUT2D eigenvalue weighted by molar-refractivity contribution is 7.92. The number of ether oxygens (including phenoxy) is 3. The molecular formula is C21H25ClN2O6S. The Kier molecular flexibility index (Phi) is 7.50. The van der Waals surface area contributed by atoms with Crippen LogP contribution in [0.25, 0.3) is 0 Å². The zero-order valence-electron chi connectivity index (χ0n) is 17.4. The fourth-order valence-electron chi connectivity index (χ4n) is 3.02. The van der Waals surface area contributed by atoms with Crippen LogP contribution in [-0.4, -0.2) is 47.1 Å². The van der Waals surface area contributed by atoms with Gasteiger partial charge in [0.2, 0.25) is 22.7 Å². The molecule has 0 fully saturated rings. The van der Waals surface area contributed by atoms with E-state index in [1.54, 1.807) is 24.3 Å². The number of halogens is 1. The number of carbonyl (C=O) groups is 1. The number of hydrogen-bond acceptors (Lipinski definition) is 6. The highest BCUT2D eigenvalue weighted by atomic mass is 35.5. The molecule has 1 aliphatic heterocycles. The van der Waals surface area contributed by atoms with Gasteiger partial charge in [0.15, 0.2) is 11.5 Å². The second kappa shape index (κ2) is 10.1. The lowest BCUT2D eigenvalue weighted by Crippen LogP contribution is -2.32. The number of amides is 1. The summed E-state index contributed by atoms with van der Waals surface area (Å²) in [5.74, 6) is 1.53. The predicted molar refractivity (Wildman–Crippen MR) is 119 cm³/mol. The van der Waals surface area contributed by atoms with E-state index in [2.05, 4.69) is 5.32 Å². The standard InChI is InChI=1S/C21H25ClN2O6S/c1-15-5-7-17(13-18(15)22)28-11-9-23-21(25)4-3-10-24(31(2,26)27)16-6-8-19-20(12-16)30-14-29-19/h5-8,12-13H,3-4,9-11,14H2,1-2H3,(H,23,25). The van der Waals surface area contributed by atoms with Crippen LogP contribution in [0.1, 0.15) is 18.4 Å². The Bertz CT molecular complexity index is 1040. The monoisotopic (exact) mass is 468 g/mol. The maximum absolute atomic E-state index is 12.2. The van der Waals surface area contributed by atoms with Crippen molar-refractivity contribution in [2.45, 2.75) is 19.8 Å². The van der Waals surface area contributed by atoms with Gasteiger partial charge in [0.25, 0.3) is 0 Å². The number of nitrogens with zero attached hydrogens (tertiary/aromatic N) is 1. The summed E-state index contributed by atoms with van der Waals surface area (Å²) >= 11 is 6.05. The van der Waals surface area contributed by atoms with Crippen LogP contribution in [0.3, 0.4) is 0 Å². The molecule has 0 saturated carbocycles. The normalized spacial score (nSPS) is 12.5. The molecule has 10 heteroatoms. The number of sulfonamides is 1. The van der Waals surface area contributed by atoms with Crippen molar-refractivity contribution in [3.63, 3.8) is 0 Å². The highest BCUT2D eigenvalue weighted by Gasteiger charge is 2.21. The molecule has 3 rings (SSSR count). The molecule has 0 aliphatic carbocycles. The topological polar surface area (TPSA) is 94.2 Å². The molecule has 0 atom stereocenters. The van der Waals surface area contributed by atoms with Gasteiger partial charge >= 0.3 is 0 Å². The zero-order valence-corrected chi connectivity index (χ0v) is 19.0. The van der Waals surface area contributed by atoms with E-state index in [1.807, 2.05) is 19.1 Å². The Hall–Kier alpha value is -2.65. The van der Waals surface area contributed by atoms with Crippen molar-refractivity contribution in [2.75, 3.05) is 37.1 Å². The Balaban J connectivity index is 1.43. The molecule has 168 valence electrons. The fraction of sp³-hybridized carbons (Fsp3) is 0.381. The van der Waals surface area contributed by atoms with E-state index < -0.39 is 10.0 Å². The van der Waals surface area contributed by atoms with Crippen LogP contribution >= 0.6 is 11.6 Å². The van der Waals surface area contributed by atoms with Gasteiger partial charge in [-0.1, -0.05) is 17.7 Å². The van der Waals surface area contributed by atoms with E-state index in [1.165, 1.54) is 4.31 Å². The van der Waals surface area contributed by atoms with E-state index in [-0.39, 0.29) is 25.7 Å². The molecule has 1 N–H and O–H groups in total. The number of fused-ring (bicyclic) bond motifs is 1. The maximum Gasteiger partial charge on any atom is 0.232 e. The zero-order chi connectivity index (χ0) is 22.4. The van der Waals surface area contributed by atoms with Crippen molar-refractivity contribution in [1.82, 2.24) is 5.32 Å². The Morgan fingerprint density at radius 3 is 2.71 bits per heavy atom. The van der Waals surface area contributed by atoms with Crippen LogP contribution < -0.4 is 23.8 Å². The van der Waals surface area contributed by atoms with Crippen LogP contribution in [0.15, 0.2) is 36.4 Å². The second-order valence-electron chi connectivity index (χ2n) is 7.09. The first-order valence-corrected chi connectivity index (χ1v) is 12.0. The number of hydrogen-bond donors (Lipinski definition) is 1. The number of anilines is 1. The number of carbonyl (C=O) groups excluding carboxylic acids is 1. The lowest BCUT2D eigenvalue weighted by Gasteiger charge is -2.22. The van der Waals surface area contributed by atoms with Crippen molar-refractivity contribution >= 4 is 33.2 Å². The average Bonchev–Trinajstić information content (AvgIpc) is 3.18. The summed E-state index contributed by atoms with van der Waals surface area (Å²) in [6, 6.07) is 10.4. The summed E-state index contributed by atoms with van der Waals surface area (Å²) in [4.78, 5) is 12.1. The van der Waals surface area contributed by atoms with Gasteiger partial charge in [0.1, 0.15) is 12.4 Å². The summed E-state index contributed by atoms with van der Waals surface area (Å²) in [7, 11) is -3.52. The van der Waals surface area contributed by atoms with Gasteiger partial charge in [-0.15, -0.1) is 0 Å². The number of benzene rings is 2. The second-order valence-corrected chi connectivity index (χ2v) is 9.40. The van der Waals surface area contributed by atoms with Crippen LogP contribution in [0, 0.1) is 6.92 Å². The summed E-state index contributed by atoms with van der Waals surface area (Å²) in [6.45, 7) is 2.83. The van der Waals surface area contributed by atoms with Gasteiger partial charge in [-0.05, 0) is 43.2 Å². The summed E-state index contributed by atoms with van der Waals surface area (Å²) in [6.07, 6.45) is 1.68. The van der Waals surface area contributed by atoms with Gasteiger partial charge in [-0.2, -0.15) is 0 Å². The van der Waals surface area contributed by atoms with Gasteiger partial charge in [0, 0.05) is 24.1 Å². The average molecular weight is 469 g/mol. The van der Waals surface area contributed by atoms with Crippen molar-refractivity contribution in [3.8, 4) is 17.2 Å². The van der Waals surface area contributed by atoms with Crippen molar-refractivity contribution in [2.24, 2.45) is 0 Å². The minimum absolute atomic E-state index is 0.110. The third-order valence-electron chi connectivity index (χ3n) is 4.65. The first-order chi connectivity index (χ1) is 14.7. The lowest BCUT2D eigenvalue weighted by atomic mass is 10.2. The Labute approximate surface area is 187 Å². The lowest BCUT2D eigenvalue weighted by molar-refractivity contribution is -0.121. The fourth-order valence-corrected chi connectivity index (χ4v) is 4.15. The SMILES string of the molecule is Cc1ccc(OCCNC(=O)CCCN(c2ccc3c(c2)OCO3)S(C)(=O)=O)cc1Cl. The molecule has 0 unspecified atom stereocenters. The number of rotatable bonds is 10. The molecule has 2 aromatic carbocycles. The first-order valence-electron chi connectivity index (χ1n) is 9.77. The molecule has 31 heavy (non-hydrogen) atoms. The van der Waals surface area contributed by atoms with Gasteiger partial charge in [0.05, 0.1) is 18.5 Å².